The summed E-state index contributed by atoms with van der Waals surface area (Å²) in [4.78, 5) is 39.3. The van der Waals surface area contributed by atoms with E-state index in [1.165, 1.54) is 37.9 Å². The molecule has 18 nitrogen and oxygen atoms in total. The average Bonchev–Trinajstić information content (AvgIpc) is 4.17. The van der Waals surface area contributed by atoms with Gasteiger partial charge in [-0.3, -0.25) is 18.8 Å². The predicted octanol–water partition coefficient (Wildman–Crippen LogP) is 8.55. The van der Waals surface area contributed by atoms with E-state index in [4.69, 9.17) is 51.3 Å². The molecule has 3 aliphatic heterocycles. The van der Waals surface area contributed by atoms with E-state index in [9.17, 15) is 23.7 Å². The highest BCUT2D eigenvalue weighted by atomic mass is 31.2. The summed E-state index contributed by atoms with van der Waals surface area (Å²) < 4.78 is 83.1. The van der Waals surface area contributed by atoms with Gasteiger partial charge in [0, 0.05) is 58.8 Å². The summed E-state index contributed by atoms with van der Waals surface area (Å²) in [5.74, 6) is 1.35. The third-order valence-electron chi connectivity index (χ3n) is 13.9. The molecular formula is C56H68N2O16P2-2. The lowest BCUT2D eigenvalue weighted by Crippen LogP contribution is -2.30. The number of nitrogens with zero attached hydrogens (tertiary/aromatic N) is 1. The Morgan fingerprint density at radius 3 is 1.89 bits per heavy atom. The van der Waals surface area contributed by atoms with Crippen LogP contribution >= 0.6 is 15.6 Å². The normalized spacial score (nSPS) is 23.5. The van der Waals surface area contributed by atoms with Crippen LogP contribution in [0.5, 0.6) is 17.2 Å². The van der Waals surface area contributed by atoms with E-state index in [-0.39, 0.29) is 63.1 Å². The lowest BCUT2D eigenvalue weighted by atomic mass is 9.92. The Kier molecular flexibility index (Phi) is 19.6. The summed E-state index contributed by atoms with van der Waals surface area (Å²) in [6.07, 6.45) is 4.39. The largest absolute Gasteiger partial charge is 0.756 e. The molecule has 76 heavy (non-hydrogen) atoms. The molecule has 0 saturated carbocycles. The van der Waals surface area contributed by atoms with Crippen LogP contribution in [0.15, 0.2) is 91.0 Å². The first-order valence-electron chi connectivity index (χ1n) is 25.4. The Morgan fingerprint density at radius 1 is 0.711 bits per heavy atom. The lowest BCUT2D eigenvalue weighted by molar-refractivity contribution is -0.232. The molecule has 1 amide bonds. The Balaban J connectivity index is 0.000000202. The molecule has 9 rings (SSSR count). The highest BCUT2D eigenvalue weighted by Gasteiger charge is 2.36. The SMILES string of the molecule is COC1CC(C)OC1COP(=O)([O-])OC1CCN(Cc2ccc3ccc4cccc5ccc2c3c45)C1.COc1cc(/C=C/c2ccc(C(=O)NCCCOP(=O)([O-])OCC3OC(C)CC3OC)cc2)cc(OC)c1OC. The van der Waals surface area contributed by atoms with E-state index in [1.54, 1.807) is 47.7 Å². The topological polar surface area (TPSA) is 214 Å². The predicted molar refractivity (Wildman–Crippen MR) is 286 cm³/mol. The van der Waals surface area contributed by atoms with Crippen molar-refractivity contribution in [2.24, 2.45) is 0 Å². The number of ether oxygens (including phenoxy) is 7. The van der Waals surface area contributed by atoms with Crippen molar-refractivity contribution < 1.29 is 75.0 Å². The number of methoxy groups -OCH3 is 5. The van der Waals surface area contributed by atoms with E-state index in [0.717, 1.165) is 30.6 Å². The average molecular weight is 1090 g/mol. The van der Waals surface area contributed by atoms with Crippen LogP contribution in [-0.4, -0.2) is 129 Å². The molecule has 6 aromatic carbocycles. The lowest BCUT2D eigenvalue weighted by Gasteiger charge is -2.28. The molecule has 410 valence electrons. The molecule has 9 unspecified atom stereocenters. The zero-order valence-corrected chi connectivity index (χ0v) is 45.8. The smallest absolute Gasteiger partial charge is 0.268 e. The molecule has 0 spiro atoms. The van der Waals surface area contributed by atoms with Crippen molar-refractivity contribution in [3.05, 3.63) is 113 Å². The van der Waals surface area contributed by atoms with E-state index in [2.05, 4.69) is 64.8 Å². The second-order valence-electron chi connectivity index (χ2n) is 19.2. The third-order valence-corrected chi connectivity index (χ3v) is 15.9. The Hall–Kier alpha value is -5.01. The van der Waals surface area contributed by atoms with Crippen LogP contribution in [0, 0.1) is 0 Å². The number of phosphoric acid groups is 2. The quantitative estimate of drug-likeness (QED) is 0.0275. The van der Waals surface area contributed by atoms with Gasteiger partial charge in [-0.2, -0.15) is 0 Å². The second-order valence-corrected chi connectivity index (χ2v) is 21.9. The summed E-state index contributed by atoms with van der Waals surface area (Å²) in [6, 6.07) is 30.3. The first kappa shape index (κ1) is 57.2. The Labute approximate surface area is 443 Å². The number of phosphoric ester groups is 2. The number of hydrogen-bond acceptors (Lipinski definition) is 17. The minimum Gasteiger partial charge on any atom is -0.756 e. The molecule has 0 bridgehead atoms. The van der Waals surface area contributed by atoms with Crippen molar-refractivity contribution in [2.75, 3.05) is 75.0 Å². The zero-order chi connectivity index (χ0) is 54.0. The zero-order valence-electron chi connectivity index (χ0n) is 44.0. The van der Waals surface area contributed by atoms with E-state index in [0.29, 0.717) is 42.2 Å². The molecule has 0 radical (unpaired) electrons. The highest BCUT2D eigenvalue weighted by molar-refractivity contribution is 7.46. The Bertz CT molecular complexity index is 2970. The van der Waals surface area contributed by atoms with Crippen LogP contribution in [0.3, 0.4) is 0 Å². The molecule has 1 N–H and O–H groups in total. The number of rotatable bonds is 23. The molecule has 0 aliphatic carbocycles. The van der Waals surface area contributed by atoms with Gasteiger partial charge >= 0.3 is 0 Å². The summed E-state index contributed by atoms with van der Waals surface area (Å²) in [6.45, 7) is 5.71. The van der Waals surface area contributed by atoms with Crippen LogP contribution in [0.2, 0.25) is 0 Å². The highest BCUT2D eigenvalue weighted by Crippen LogP contribution is 2.44. The fourth-order valence-electron chi connectivity index (χ4n) is 10.1. The van der Waals surface area contributed by atoms with Crippen LogP contribution in [-0.2, 0) is 52.7 Å². The minimum absolute atomic E-state index is 0.0126. The number of benzene rings is 6. The van der Waals surface area contributed by atoms with Crippen molar-refractivity contribution >= 4 is 66.0 Å². The second kappa shape index (κ2) is 26.1. The van der Waals surface area contributed by atoms with Gasteiger partial charge in [-0.25, -0.2) is 0 Å². The van der Waals surface area contributed by atoms with Crippen LogP contribution in [0.25, 0.3) is 44.5 Å². The van der Waals surface area contributed by atoms with Gasteiger partial charge in [-0.1, -0.05) is 78.9 Å². The van der Waals surface area contributed by atoms with Crippen molar-refractivity contribution in [3.8, 4) is 17.2 Å². The molecule has 3 fully saturated rings. The molecule has 0 aromatic heterocycles. The summed E-state index contributed by atoms with van der Waals surface area (Å²) in [5, 5.41) is 10.3. The number of hydrogen-bond donors (Lipinski definition) is 1. The van der Waals surface area contributed by atoms with Gasteiger partial charge in [0.1, 0.15) is 12.2 Å². The van der Waals surface area contributed by atoms with Crippen molar-refractivity contribution in [1.29, 1.82) is 0 Å². The standard InChI is InChI=1S/C28H38NO10P.C28H32NO6P/c1-19-15-23(33-2)26(39-19)18-38-40(31,32)37-14-6-13-29-28(30)22-11-9-20(10-12-22)7-8-21-16-24(34-3)27(36-5)25(17-21)35-4;1-18-14-25(32-2)26(34-18)17-33-36(30,31)35-23-12-13-29(16-23)15-22-9-8-21-7-6-19-4-3-5-20-10-11-24(22)28(21)27(19)20/h7-12,16-17,19,23,26H,6,13-15,18H2,1-5H3,(H,29,30)(H,31,32);3-11,18,23,25-26H,12-17H2,1-2H3,(H,30,31)/p-2/b8-7+;. The molecular weight excluding hydrogens is 1020 g/mol. The van der Waals surface area contributed by atoms with Gasteiger partial charge < -0.3 is 66.4 Å². The first-order valence-corrected chi connectivity index (χ1v) is 28.4. The van der Waals surface area contributed by atoms with Gasteiger partial charge in [-0.05, 0) is 100.0 Å². The number of carbonyl (C=O) groups is 1. The maximum Gasteiger partial charge on any atom is 0.268 e. The molecule has 20 heteroatoms. The maximum absolute atomic E-state index is 12.5. The first-order chi connectivity index (χ1) is 36.6. The number of nitrogens with one attached hydrogen (secondary N) is 1. The van der Waals surface area contributed by atoms with E-state index >= 15 is 0 Å². The summed E-state index contributed by atoms with van der Waals surface area (Å²) in [5.41, 5.74) is 3.45. The monoisotopic (exact) mass is 1090 g/mol. The van der Waals surface area contributed by atoms with E-state index < -0.39 is 34.0 Å². The van der Waals surface area contributed by atoms with Crippen molar-refractivity contribution in [1.82, 2.24) is 10.2 Å². The Morgan fingerprint density at radius 2 is 1.29 bits per heavy atom. The van der Waals surface area contributed by atoms with Crippen molar-refractivity contribution in [2.45, 2.75) is 88.8 Å². The number of amides is 1. The molecule has 3 aliphatic rings. The number of carbonyl (C=O) groups excluding carboxylic acids is 1. The number of likely N-dealkylation sites (tertiary alicyclic amines) is 1. The molecule has 6 aromatic rings. The molecule has 3 heterocycles. The third kappa shape index (κ3) is 14.6. The molecule has 3 saturated heterocycles. The summed E-state index contributed by atoms with van der Waals surface area (Å²) in [7, 11) is -1.13. The van der Waals surface area contributed by atoms with Gasteiger partial charge in [0.05, 0.1) is 71.7 Å². The van der Waals surface area contributed by atoms with Gasteiger partial charge in [0.15, 0.2) is 11.5 Å². The van der Waals surface area contributed by atoms with Crippen LogP contribution < -0.4 is 29.3 Å². The van der Waals surface area contributed by atoms with Crippen LogP contribution in [0.4, 0.5) is 0 Å². The fourth-order valence-corrected chi connectivity index (χ4v) is 11.8. The van der Waals surface area contributed by atoms with E-state index in [1.807, 2.05) is 50.3 Å². The minimum atomic E-state index is -4.50. The van der Waals surface area contributed by atoms with Crippen LogP contribution in [0.1, 0.15) is 66.6 Å². The summed E-state index contributed by atoms with van der Waals surface area (Å²) >= 11 is 0. The van der Waals surface area contributed by atoms with Gasteiger partial charge in [-0.15, -0.1) is 0 Å². The van der Waals surface area contributed by atoms with Gasteiger partial charge in [0.2, 0.25) is 5.75 Å². The van der Waals surface area contributed by atoms with Crippen molar-refractivity contribution in [3.63, 3.8) is 0 Å². The fraction of sp³-hybridized carbons (Fsp3) is 0.446. The maximum atomic E-state index is 12.5. The molecule has 9 atom stereocenters. The van der Waals surface area contributed by atoms with Gasteiger partial charge in [0.25, 0.3) is 21.6 Å².